The largest absolute Gasteiger partial charge is 0.346 e. The van der Waals surface area contributed by atoms with Crippen molar-refractivity contribution >= 4 is 23.6 Å². The SMILES string of the molecule is O=C(/C=C/c1ccc(N2CCCC2=O)cc1)NC1CCCc2ccccc21. The van der Waals surface area contributed by atoms with Gasteiger partial charge in [-0.25, -0.2) is 0 Å². The van der Waals surface area contributed by atoms with Gasteiger partial charge in [0.25, 0.3) is 0 Å². The Bertz CT molecular complexity index is 870. The summed E-state index contributed by atoms with van der Waals surface area (Å²) < 4.78 is 0. The lowest BCUT2D eigenvalue weighted by Gasteiger charge is -2.25. The van der Waals surface area contributed by atoms with Crippen LogP contribution in [0, 0.1) is 0 Å². The molecule has 0 bridgehead atoms. The van der Waals surface area contributed by atoms with Crippen LogP contribution in [-0.2, 0) is 16.0 Å². The Morgan fingerprint density at radius 3 is 2.63 bits per heavy atom. The molecule has 2 aromatic rings. The van der Waals surface area contributed by atoms with Crippen LogP contribution >= 0.6 is 0 Å². The van der Waals surface area contributed by atoms with Crippen LogP contribution < -0.4 is 10.2 Å². The summed E-state index contributed by atoms with van der Waals surface area (Å²) in [5.41, 5.74) is 4.46. The first-order chi connectivity index (χ1) is 13.2. The molecule has 2 amide bonds. The molecule has 1 heterocycles. The van der Waals surface area contributed by atoms with E-state index in [1.165, 1.54) is 11.1 Å². The maximum Gasteiger partial charge on any atom is 0.244 e. The minimum Gasteiger partial charge on any atom is -0.346 e. The average molecular weight is 360 g/mol. The number of hydrogen-bond acceptors (Lipinski definition) is 2. The predicted octanol–water partition coefficient (Wildman–Crippen LogP) is 4.02. The molecule has 0 spiro atoms. The van der Waals surface area contributed by atoms with E-state index in [0.29, 0.717) is 6.42 Å². The van der Waals surface area contributed by atoms with Crippen LogP contribution in [-0.4, -0.2) is 18.4 Å². The third kappa shape index (κ3) is 3.95. The van der Waals surface area contributed by atoms with Crippen LogP contribution in [0.15, 0.2) is 54.6 Å². The quantitative estimate of drug-likeness (QED) is 0.837. The van der Waals surface area contributed by atoms with Crippen molar-refractivity contribution in [2.75, 3.05) is 11.4 Å². The smallest absolute Gasteiger partial charge is 0.244 e. The Hall–Kier alpha value is -2.88. The van der Waals surface area contributed by atoms with Gasteiger partial charge < -0.3 is 10.2 Å². The lowest BCUT2D eigenvalue weighted by atomic mass is 9.88. The van der Waals surface area contributed by atoms with Crippen LogP contribution in [0.25, 0.3) is 6.08 Å². The van der Waals surface area contributed by atoms with E-state index in [1.54, 1.807) is 6.08 Å². The first-order valence-corrected chi connectivity index (χ1v) is 9.67. The topological polar surface area (TPSA) is 49.4 Å². The summed E-state index contributed by atoms with van der Waals surface area (Å²) >= 11 is 0. The molecule has 1 atom stereocenters. The second kappa shape index (κ2) is 7.78. The van der Waals surface area contributed by atoms with Gasteiger partial charge in [0.15, 0.2) is 0 Å². The van der Waals surface area contributed by atoms with E-state index in [-0.39, 0.29) is 17.9 Å². The minimum absolute atomic E-state index is 0.0736. The molecule has 1 fully saturated rings. The molecular weight excluding hydrogens is 336 g/mol. The highest BCUT2D eigenvalue weighted by atomic mass is 16.2. The predicted molar refractivity (Wildman–Crippen MR) is 107 cm³/mol. The molecule has 138 valence electrons. The third-order valence-corrected chi connectivity index (χ3v) is 5.39. The van der Waals surface area contributed by atoms with Crippen molar-refractivity contribution in [2.24, 2.45) is 0 Å². The molecule has 0 saturated carbocycles. The molecule has 0 aromatic heterocycles. The van der Waals surface area contributed by atoms with Crippen LogP contribution in [0.2, 0.25) is 0 Å². The van der Waals surface area contributed by atoms with Gasteiger partial charge in [-0.3, -0.25) is 9.59 Å². The number of benzene rings is 2. The van der Waals surface area contributed by atoms with Crippen LogP contribution in [0.1, 0.15) is 48.4 Å². The lowest BCUT2D eigenvalue weighted by molar-refractivity contribution is -0.118. The van der Waals surface area contributed by atoms with Crippen LogP contribution in [0.3, 0.4) is 0 Å². The minimum atomic E-state index is -0.0736. The number of hydrogen-bond donors (Lipinski definition) is 1. The summed E-state index contributed by atoms with van der Waals surface area (Å²) in [4.78, 5) is 26.0. The Labute approximate surface area is 159 Å². The summed E-state index contributed by atoms with van der Waals surface area (Å²) in [7, 11) is 0. The van der Waals surface area contributed by atoms with Gasteiger partial charge in [-0.2, -0.15) is 0 Å². The summed E-state index contributed by atoms with van der Waals surface area (Å²) in [5.74, 6) is 0.112. The molecule has 4 rings (SSSR count). The van der Waals surface area contributed by atoms with E-state index < -0.39 is 0 Å². The number of nitrogens with zero attached hydrogens (tertiary/aromatic N) is 1. The monoisotopic (exact) mass is 360 g/mol. The van der Waals surface area contributed by atoms with Gasteiger partial charge in [0.05, 0.1) is 6.04 Å². The van der Waals surface area contributed by atoms with E-state index in [9.17, 15) is 9.59 Å². The van der Waals surface area contributed by atoms with E-state index >= 15 is 0 Å². The number of rotatable bonds is 4. The Balaban J connectivity index is 1.38. The Kier molecular flexibility index (Phi) is 5.05. The van der Waals surface area contributed by atoms with Gasteiger partial charge in [0.2, 0.25) is 11.8 Å². The number of anilines is 1. The first-order valence-electron chi connectivity index (χ1n) is 9.67. The van der Waals surface area contributed by atoms with Crippen molar-refractivity contribution in [3.63, 3.8) is 0 Å². The van der Waals surface area contributed by atoms with E-state index in [1.807, 2.05) is 41.3 Å². The van der Waals surface area contributed by atoms with Crippen LogP contribution in [0.5, 0.6) is 0 Å². The van der Waals surface area contributed by atoms with Crippen molar-refractivity contribution in [1.82, 2.24) is 5.32 Å². The number of nitrogens with one attached hydrogen (secondary N) is 1. The fourth-order valence-corrected chi connectivity index (χ4v) is 3.98. The Morgan fingerprint density at radius 1 is 1.04 bits per heavy atom. The molecule has 2 aliphatic rings. The van der Waals surface area contributed by atoms with Gasteiger partial charge in [0.1, 0.15) is 0 Å². The summed E-state index contributed by atoms with van der Waals surface area (Å²) in [6.07, 6.45) is 8.13. The summed E-state index contributed by atoms with van der Waals surface area (Å²) in [5, 5.41) is 3.13. The molecule has 1 saturated heterocycles. The second-order valence-corrected chi connectivity index (χ2v) is 7.23. The molecular formula is C23H24N2O2. The van der Waals surface area contributed by atoms with Crippen LogP contribution in [0.4, 0.5) is 5.69 Å². The van der Waals surface area contributed by atoms with E-state index in [2.05, 4.69) is 23.5 Å². The van der Waals surface area contributed by atoms with E-state index in [4.69, 9.17) is 0 Å². The molecule has 4 heteroatoms. The van der Waals surface area contributed by atoms with Crippen molar-refractivity contribution in [2.45, 2.75) is 38.1 Å². The standard InChI is InChI=1S/C23H24N2O2/c26-22(24-21-8-3-6-18-5-1-2-7-20(18)21)15-12-17-10-13-19(14-11-17)25-16-4-9-23(25)27/h1-2,5,7,10-15,21H,3-4,6,8-9,16H2,(H,24,26)/b15-12+. The number of aryl methyl sites for hydroxylation is 1. The highest BCUT2D eigenvalue weighted by molar-refractivity contribution is 5.95. The second-order valence-electron chi connectivity index (χ2n) is 7.23. The molecule has 1 unspecified atom stereocenters. The highest BCUT2D eigenvalue weighted by Gasteiger charge is 2.22. The number of carbonyl (C=O) groups is 2. The van der Waals surface area contributed by atoms with Crippen molar-refractivity contribution in [3.05, 3.63) is 71.3 Å². The van der Waals surface area contributed by atoms with E-state index in [0.717, 1.165) is 43.5 Å². The molecule has 4 nitrogen and oxygen atoms in total. The molecule has 27 heavy (non-hydrogen) atoms. The van der Waals surface area contributed by atoms with Crippen molar-refractivity contribution in [1.29, 1.82) is 0 Å². The maximum absolute atomic E-state index is 12.4. The zero-order valence-electron chi connectivity index (χ0n) is 15.4. The van der Waals surface area contributed by atoms with Crippen molar-refractivity contribution < 1.29 is 9.59 Å². The summed E-state index contributed by atoms with van der Waals surface area (Å²) in [6.45, 7) is 0.791. The molecule has 2 aromatic carbocycles. The van der Waals surface area contributed by atoms with Gasteiger partial charge in [0, 0.05) is 24.7 Å². The highest BCUT2D eigenvalue weighted by Crippen LogP contribution is 2.29. The normalized spacial score (nSPS) is 19.3. The third-order valence-electron chi connectivity index (χ3n) is 5.39. The van der Waals surface area contributed by atoms with Crippen molar-refractivity contribution in [3.8, 4) is 0 Å². The van der Waals surface area contributed by atoms with Gasteiger partial charge >= 0.3 is 0 Å². The number of carbonyl (C=O) groups excluding carboxylic acids is 2. The molecule has 0 radical (unpaired) electrons. The van der Waals surface area contributed by atoms with Gasteiger partial charge in [-0.15, -0.1) is 0 Å². The number of amides is 2. The maximum atomic E-state index is 12.4. The first kappa shape index (κ1) is 17.5. The zero-order chi connectivity index (χ0) is 18.6. The average Bonchev–Trinajstić information content (AvgIpc) is 3.13. The number of fused-ring (bicyclic) bond motifs is 1. The molecule has 1 N–H and O–H groups in total. The molecule has 1 aliphatic heterocycles. The fourth-order valence-electron chi connectivity index (χ4n) is 3.98. The van der Waals surface area contributed by atoms with Gasteiger partial charge in [-0.1, -0.05) is 36.4 Å². The lowest BCUT2D eigenvalue weighted by Crippen LogP contribution is -2.29. The van der Waals surface area contributed by atoms with Gasteiger partial charge in [-0.05, 0) is 60.6 Å². The fraction of sp³-hybridized carbons (Fsp3) is 0.304. The Morgan fingerprint density at radius 2 is 1.85 bits per heavy atom. The summed E-state index contributed by atoms with van der Waals surface area (Å²) in [6, 6.07) is 16.2. The molecule has 1 aliphatic carbocycles. The zero-order valence-corrected chi connectivity index (χ0v) is 15.4.